The molecule has 2 saturated carbocycles. The number of nitrogens with two attached hydrogens (primary N) is 2. The molecule has 4 amide bonds. The zero-order valence-corrected chi connectivity index (χ0v) is 72.0. The van der Waals surface area contributed by atoms with Crippen molar-refractivity contribution < 1.29 is 161 Å². The van der Waals surface area contributed by atoms with E-state index in [4.69, 9.17) is 20.9 Å². The number of Topliss-reactive ketones (excluding diaryl/α,β-unsaturated/α-hetero) is 2. The van der Waals surface area contributed by atoms with Gasteiger partial charge in [0, 0.05) is 73.5 Å². The van der Waals surface area contributed by atoms with Crippen molar-refractivity contribution in [3.05, 3.63) is 60.7 Å². The molecule has 4 aliphatic rings. The summed E-state index contributed by atoms with van der Waals surface area (Å²) < 4.78 is 123. The number of phosphoric acid groups is 6. The Labute approximate surface area is 698 Å². The third-order valence-corrected chi connectivity index (χ3v) is 27.1. The van der Waals surface area contributed by atoms with E-state index in [1.165, 1.54) is 38.8 Å². The number of carbonyl (C=O) groups is 6. The number of ether oxygens (including phenoxy) is 2. The molecule has 0 spiro atoms. The van der Waals surface area contributed by atoms with Gasteiger partial charge in [0.25, 0.3) is 31.3 Å². The van der Waals surface area contributed by atoms with Gasteiger partial charge in [-0.1, -0.05) is 90.5 Å². The summed E-state index contributed by atoms with van der Waals surface area (Å²) in [6.07, 6.45) is -1.66. The van der Waals surface area contributed by atoms with Crippen molar-refractivity contribution in [1.29, 1.82) is 0 Å². The van der Waals surface area contributed by atoms with Gasteiger partial charge >= 0.3 is 0 Å². The molecule has 1 aromatic carbocycles. The molecule has 2 aliphatic carbocycles. The lowest BCUT2D eigenvalue weighted by atomic mass is 9.87. The Bertz CT molecular complexity index is 4510. The molecular formula is C68H98N14O34P6-8. The molecule has 122 heavy (non-hydrogen) atoms. The molecular weight excluding hydrogens is 1740 g/mol. The molecule has 12 N–H and O–H groups in total. The summed E-state index contributed by atoms with van der Waals surface area (Å²) in [5, 5.41) is 53.4. The molecule has 4 aromatic heterocycles. The number of aliphatic hydroxyl groups is 4. The monoisotopic (exact) mass is 1840 g/mol. The first kappa shape index (κ1) is 99.4. The van der Waals surface area contributed by atoms with E-state index in [1.54, 1.807) is 0 Å². The summed E-state index contributed by atoms with van der Waals surface area (Å²) >= 11 is 0. The largest absolute Gasteiger partial charge is 0.790 e. The Morgan fingerprint density at radius 2 is 0.869 bits per heavy atom. The Kier molecular flexibility index (Phi) is 34.3. The quantitative estimate of drug-likeness (QED) is 0.0148. The maximum absolute atomic E-state index is 13.3. The van der Waals surface area contributed by atoms with Crippen molar-refractivity contribution in [2.45, 2.75) is 217 Å². The fourth-order valence-electron chi connectivity index (χ4n) is 13.9. The summed E-state index contributed by atoms with van der Waals surface area (Å²) in [6, 6.07) is 8.51. The van der Waals surface area contributed by atoms with Gasteiger partial charge in [-0.15, -0.1) is 0 Å². The number of phosphoric ester groups is 6. The Morgan fingerprint density at radius 1 is 0.516 bits per heavy atom. The van der Waals surface area contributed by atoms with Crippen LogP contribution in [-0.4, -0.2) is 196 Å². The summed E-state index contributed by atoms with van der Waals surface area (Å²) in [5.74, 6) is -3.21. The predicted octanol–water partition coefficient (Wildman–Crippen LogP) is -2.07. The van der Waals surface area contributed by atoms with Gasteiger partial charge in [-0.2, -0.15) is 0 Å². The molecule has 0 radical (unpaired) electrons. The van der Waals surface area contributed by atoms with Crippen molar-refractivity contribution in [2.24, 2.45) is 21.7 Å². The maximum Gasteiger partial charge on any atom is 0.274 e. The summed E-state index contributed by atoms with van der Waals surface area (Å²) in [6.45, 7) is -0.383. The normalized spacial score (nSPS) is 22.8. The minimum Gasteiger partial charge on any atom is -0.790 e. The standard InChI is InChI=1S/C68H106N14O34P6/c1-65(2,35-109-121(103,104)115-119(99,100)107-33-43-53(113-117(93,94)95)51(87)63(111-43)81-39-79-49-57(69)75-37-77-59(49)81)55(89)61(91)73-30-20-47(85)71-28-18-45(83)67(24-25-67)22-11-7-5-9-14-41-16-13-17-42(32-41)15-10-6-8-12-23-68(26-27-68)46(84)19-29-72-48(86)21-31-74-62(92)56(90)66(3,4)36-110-122(105,106)116-120(101,102)108-34-44-54(114-118(96,97)98)52(88)64(112-44)82-40-80-50-58(70)76-38-78-60(50)82/h13,16-17,32,37-40,43-44,51-56,63-64,87-90H,5-12,14-15,18-31,33-36H2,1-4H3,(H,71,85)(H,72,86)(H,73,91)(H,74,92)(H,99,100)(H,101,102)(H,103,104)(H,105,106)(H2,69,75,77)(H2,70,76,78)(H2,93,94,95)(H2,96,97,98)/p-8. The number of nitrogens with one attached hydrogen (secondary N) is 4. The smallest absolute Gasteiger partial charge is 0.274 e. The number of hydrogen-bond acceptors (Lipinski definition) is 42. The van der Waals surface area contributed by atoms with Crippen LogP contribution in [0.3, 0.4) is 0 Å². The Balaban J connectivity index is 0.564. The first-order valence-corrected chi connectivity index (χ1v) is 47.6. The van der Waals surface area contributed by atoms with E-state index < -0.39 is 180 Å². The van der Waals surface area contributed by atoms with Crippen molar-refractivity contribution in [3.8, 4) is 0 Å². The predicted molar refractivity (Wildman–Crippen MR) is 404 cm³/mol. The lowest BCUT2D eigenvalue weighted by molar-refractivity contribution is -0.348. The van der Waals surface area contributed by atoms with E-state index in [9.17, 15) is 116 Å². The van der Waals surface area contributed by atoms with Crippen molar-refractivity contribution in [2.75, 3.05) is 64.1 Å². The SMILES string of the molecule is CC(C)(COP(=O)([O-])OP(=O)([O-])OCC1OC(n2cnc3c(N)ncnc32)C(O)C1OP(=O)([O-])[O-])C(O)C(=O)NCCC(=O)NCCC(=O)C1(CCCCCCc2cccc(CCCCCCC3(C(=O)CCNC(=O)CCNC(=O)C(O)C(C)(C)COP(=O)([O-])OP(=O)([O-])OCC4OC(n5cnc6c(N)ncnc65)C(O)C4OP(=O)([O-])[O-])CC3)c2)CC1. The van der Waals surface area contributed by atoms with Gasteiger partial charge in [-0.05, 0) is 75.3 Å². The topological polar surface area (TPSA) is 750 Å². The molecule has 682 valence electrons. The van der Waals surface area contributed by atoms with E-state index in [-0.39, 0.29) is 97.4 Å². The van der Waals surface area contributed by atoms with Crippen LogP contribution in [0.25, 0.3) is 22.3 Å². The molecule has 6 heterocycles. The number of carbonyl (C=O) groups excluding carboxylic acids is 6. The van der Waals surface area contributed by atoms with Crippen LogP contribution in [0.15, 0.2) is 49.6 Å². The highest BCUT2D eigenvalue weighted by atomic mass is 31.3. The molecule has 14 unspecified atom stereocenters. The molecule has 0 bridgehead atoms. The number of benzene rings is 1. The number of nitrogens with zero attached hydrogens (tertiary/aromatic N) is 8. The maximum atomic E-state index is 13.3. The highest BCUT2D eigenvalue weighted by Crippen LogP contribution is 2.59. The number of aliphatic hydroxyl groups excluding tert-OH is 4. The first-order valence-electron chi connectivity index (χ1n) is 38.8. The fraction of sp³-hybridized carbons (Fsp3) is 0.676. The molecule has 2 aliphatic heterocycles. The number of fused-ring (bicyclic) bond motifs is 2. The van der Waals surface area contributed by atoms with E-state index in [0.29, 0.717) is 0 Å². The van der Waals surface area contributed by atoms with Gasteiger partial charge in [0.2, 0.25) is 23.6 Å². The summed E-state index contributed by atoms with van der Waals surface area (Å²) in [7, 11) is -35.6. The minimum absolute atomic E-state index is 0.0218. The second-order valence-corrected chi connectivity index (χ2v) is 39.6. The van der Waals surface area contributed by atoms with Gasteiger partial charge in [-0.25, -0.2) is 38.5 Å². The number of unbranched alkanes of at least 4 members (excludes halogenated alkanes) is 6. The molecule has 9 rings (SSSR count). The van der Waals surface area contributed by atoms with Gasteiger partial charge in [0.15, 0.2) is 35.4 Å². The van der Waals surface area contributed by atoms with E-state index in [2.05, 4.69) is 111 Å². The molecule has 2 saturated heterocycles. The summed E-state index contributed by atoms with van der Waals surface area (Å²) in [4.78, 5) is 198. The van der Waals surface area contributed by atoms with Crippen molar-refractivity contribution in [3.63, 3.8) is 0 Å². The van der Waals surface area contributed by atoms with Crippen LogP contribution in [0.5, 0.6) is 0 Å². The number of anilines is 2. The summed E-state index contributed by atoms with van der Waals surface area (Å²) in [5.41, 5.74) is 9.66. The van der Waals surface area contributed by atoms with Crippen LogP contribution in [0.2, 0.25) is 0 Å². The average Bonchev–Trinajstić information content (AvgIpc) is 1.57. The molecule has 54 heteroatoms. The van der Waals surface area contributed by atoms with Crippen molar-refractivity contribution in [1.82, 2.24) is 60.3 Å². The average molecular weight is 1840 g/mol. The Morgan fingerprint density at radius 3 is 1.23 bits per heavy atom. The highest BCUT2D eigenvalue weighted by Gasteiger charge is 2.52. The van der Waals surface area contributed by atoms with Crippen LogP contribution in [0.1, 0.15) is 167 Å². The van der Waals surface area contributed by atoms with E-state index >= 15 is 0 Å². The zero-order valence-electron chi connectivity index (χ0n) is 66.6. The van der Waals surface area contributed by atoms with Crippen LogP contribution in [-0.2, 0) is 114 Å². The second-order valence-electron chi connectivity index (χ2n) is 31.5. The lowest BCUT2D eigenvalue weighted by Gasteiger charge is -2.36. The van der Waals surface area contributed by atoms with Gasteiger partial charge in [0.05, 0.1) is 54.7 Å². The molecule has 5 aromatic rings. The van der Waals surface area contributed by atoms with Crippen LogP contribution in [0.4, 0.5) is 11.6 Å². The first-order chi connectivity index (χ1) is 57.0. The van der Waals surface area contributed by atoms with Crippen LogP contribution >= 0.6 is 46.9 Å². The third-order valence-electron chi connectivity index (χ3n) is 21.1. The highest BCUT2D eigenvalue weighted by molar-refractivity contribution is 7.60. The number of amides is 4. The van der Waals surface area contributed by atoms with E-state index in [1.807, 2.05) is 0 Å². The van der Waals surface area contributed by atoms with E-state index in [0.717, 1.165) is 137 Å². The number of aryl methyl sites for hydroxylation is 2. The number of ketones is 2. The zero-order chi connectivity index (χ0) is 89.6. The molecule has 4 fully saturated rings. The third kappa shape index (κ3) is 28.8. The second kappa shape index (κ2) is 42.0. The van der Waals surface area contributed by atoms with Crippen LogP contribution in [0, 0.1) is 21.7 Å². The van der Waals surface area contributed by atoms with Gasteiger partial charge in [-0.3, -0.25) is 56.2 Å². The Hall–Kier alpha value is -6.36. The lowest BCUT2D eigenvalue weighted by Crippen LogP contribution is -2.46. The molecule has 48 nitrogen and oxygen atoms in total. The van der Waals surface area contributed by atoms with Crippen molar-refractivity contribution >= 4 is 116 Å². The van der Waals surface area contributed by atoms with Gasteiger partial charge in [0.1, 0.15) is 84.1 Å². The number of hydrogen-bond donors (Lipinski definition) is 10. The molecule has 14 atom stereocenters. The number of aromatic nitrogens is 8. The number of nitrogen functional groups attached to an aromatic ring is 2. The van der Waals surface area contributed by atoms with Gasteiger partial charge < -0.3 is 138 Å². The number of imidazole rings is 2. The minimum atomic E-state index is -5.98. The van der Waals surface area contributed by atoms with Crippen LogP contribution < -0.4 is 71.9 Å². The number of rotatable bonds is 54. The fourth-order valence-corrected chi connectivity index (χ4v) is 19.3.